The zero-order chi connectivity index (χ0) is 29.5. The molecule has 4 heterocycles. The summed E-state index contributed by atoms with van der Waals surface area (Å²) in [4.78, 5) is 37.6. The number of cyclic esters (lactones) is 2. The van der Waals surface area contributed by atoms with Crippen molar-refractivity contribution in [3.05, 3.63) is 68.8 Å². The van der Waals surface area contributed by atoms with E-state index in [-0.39, 0.29) is 18.0 Å². The Kier molecular flexibility index (Phi) is 8.22. The number of hydrogen-bond acceptors (Lipinski definition) is 8. The Bertz CT molecular complexity index is 1360. The van der Waals surface area contributed by atoms with Gasteiger partial charge in [-0.3, -0.25) is 14.6 Å². The Balaban J connectivity index is 0.000000511. The summed E-state index contributed by atoms with van der Waals surface area (Å²) < 4.78 is 48.1. The monoisotopic (exact) mass is 574 g/mol. The highest BCUT2D eigenvalue weighted by molar-refractivity contribution is 5.94. The summed E-state index contributed by atoms with van der Waals surface area (Å²) in [7, 11) is 0. The third kappa shape index (κ3) is 6.02. The largest absolute Gasteiger partial charge is 0.457 e. The predicted molar refractivity (Wildman–Crippen MR) is 142 cm³/mol. The summed E-state index contributed by atoms with van der Waals surface area (Å²) in [6.45, 7) is 12.8. The van der Waals surface area contributed by atoms with Crippen LogP contribution in [0.4, 0.5) is 13.2 Å². The standard InChI is InChI=1S/C28H32N2O5.C2HF3O/c1-16(20-4-6-22-24(17(20)2)14-34-27(22)31)10-29-8-9-30-12-26(33-13-19(30)11-29)21-5-7-23-25(18(21)3)15-35-28(23)32;3-2(4,5)1-6/h4-7,16,19,26H,8-15H2,1-3H3;1H/t16?,19-,26-;/m0./s1. The maximum Gasteiger partial charge on any atom is 0.446 e. The third-order valence-electron chi connectivity index (χ3n) is 8.54. The van der Waals surface area contributed by atoms with Crippen LogP contribution in [0, 0.1) is 13.8 Å². The van der Waals surface area contributed by atoms with Gasteiger partial charge in [0.15, 0.2) is 0 Å². The SMILES string of the molecule is Cc1c(C(C)CN2CCN3C[C@@H](c4ccc5c(c4C)COC5=O)OC[C@@H]3C2)ccc2c1COC2=O.O=CC(F)(F)F. The van der Waals surface area contributed by atoms with Gasteiger partial charge in [0.25, 0.3) is 0 Å². The lowest BCUT2D eigenvalue weighted by Crippen LogP contribution is -2.58. The number of benzene rings is 2. The number of hydrogen-bond donors (Lipinski definition) is 0. The lowest BCUT2D eigenvalue weighted by molar-refractivity contribution is -0.156. The molecule has 41 heavy (non-hydrogen) atoms. The number of carbonyl (C=O) groups is 3. The van der Waals surface area contributed by atoms with E-state index in [1.54, 1.807) is 0 Å². The Morgan fingerprint density at radius 3 is 2.20 bits per heavy atom. The van der Waals surface area contributed by atoms with Crippen molar-refractivity contribution in [3.8, 4) is 0 Å². The predicted octanol–water partition coefficient (Wildman–Crippen LogP) is 4.25. The van der Waals surface area contributed by atoms with Crippen LogP contribution in [0.3, 0.4) is 0 Å². The molecule has 0 aliphatic carbocycles. The van der Waals surface area contributed by atoms with Crippen LogP contribution < -0.4 is 0 Å². The molecular formula is C30H33F3N2O6. The highest BCUT2D eigenvalue weighted by Gasteiger charge is 2.36. The Labute approximate surface area is 236 Å². The van der Waals surface area contributed by atoms with Gasteiger partial charge in [-0.1, -0.05) is 19.1 Å². The van der Waals surface area contributed by atoms with E-state index in [2.05, 4.69) is 36.6 Å². The van der Waals surface area contributed by atoms with Crippen LogP contribution in [0.1, 0.15) is 73.0 Å². The van der Waals surface area contributed by atoms with Crippen LogP contribution in [0.25, 0.3) is 0 Å². The molecule has 8 nitrogen and oxygen atoms in total. The molecule has 0 saturated carbocycles. The van der Waals surface area contributed by atoms with Crippen LogP contribution in [-0.2, 0) is 32.2 Å². The fourth-order valence-corrected chi connectivity index (χ4v) is 6.31. The number of aldehydes is 1. The Morgan fingerprint density at radius 2 is 1.56 bits per heavy atom. The molecule has 0 amide bonds. The van der Waals surface area contributed by atoms with E-state index in [0.717, 1.165) is 55.0 Å². The number of ether oxygens (including phenoxy) is 3. The smallest absolute Gasteiger partial charge is 0.446 e. The van der Waals surface area contributed by atoms with Gasteiger partial charge >= 0.3 is 18.1 Å². The molecule has 4 aliphatic rings. The van der Waals surface area contributed by atoms with E-state index in [1.165, 1.54) is 16.7 Å². The molecule has 220 valence electrons. The van der Waals surface area contributed by atoms with Gasteiger partial charge in [-0.2, -0.15) is 13.2 Å². The fraction of sp³-hybridized carbons (Fsp3) is 0.500. The number of carbonyl (C=O) groups excluding carboxylic acids is 3. The third-order valence-corrected chi connectivity index (χ3v) is 8.54. The molecule has 0 radical (unpaired) electrons. The van der Waals surface area contributed by atoms with Crippen LogP contribution in [0.15, 0.2) is 24.3 Å². The maximum atomic E-state index is 11.9. The van der Waals surface area contributed by atoms with Crippen molar-refractivity contribution in [2.24, 2.45) is 0 Å². The lowest BCUT2D eigenvalue weighted by atomic mass is 9.90. The zero-order valence-corrected chi connectivity index (χ0v) is 23.3. The maximum absolute atomic E-state index is 11.9. The van der Waals surface area contributed by atoms with Gasteiger partial charge in [-0.15, -0.1) is 0 Å². The van der Waals surface area contributed by atoms with Crippen molar-refractivity contribution >= 4 is 18.2 Å². The van der Waals surface area contributed by atoms with Crippen LogP contribution >= 0.6 is 0 Å². The molecule has 6 rings (SSSR count). The second-order valence-corrected chi connectivity index (χ2v) is 11.1. The number of halogens is 3. The summed E-state index contributed by atoms with van der Waals surface area (Å²) in [6.07, 6.45) is -5.68. The van der Waals surface area contributed by atoms with E-state index >= 15 is 0 Å². The molecule has 0 spiro atoms. The summed E-state index contributed by atoms with van der Waals surface area (Å²) in [5.74, 6) is -0.0498. The van der Waals surface area contributed by atoms with Crippen LogP contribution in [-0.4, -0.2) is 79.6 Å². The van der Waals surface area contributed by atoms with Crippen molar-refractivity contribution in [1.82, 2.24) is 9.80 Å². The van der Waals surface area contributed by atoms with E-state index in [1.807, 2.05) is 18.2 Å². The van der Waals surface area contributed by atoms with Crippen molar-refractivity contribution in [1.29, 1.82) is 0 Å². The number of morpholine rings is 1. The van der Waals surface area contributed by atoms with Crippen molar-refractivity contribution in [2.45, 2.75) is 58.2 Å². The summed E-state index contributed by atoms with van der Waals surface area (Å²) in [6, 6.07) is 8.36. The van der Waals surface area contributed by atoms with E-state index in [4.69, 9.17) is 19.0 Å². The van der Waals surface area contributed by atoms with E-state index < -0.39 is 12.5 Å². The highest BCUT2D eigenvalue weighted by Crippen LogP contribution is 2.35. The van der Waals surface area contributed by atoms with Gasteiger partial charge in [0.05, 0.1) is 23.8 Å². The second-order valence-electron chi connectivity index (χ2n) is 11.1. The molecule has 2 saturated heterocycles. The van der Waals surface area contributed by atoms with Crippen molar-refractivity contribution < 1.29 is 41.8 Å². The number of rotatable bonds is 4. The molecule has 4 aliphatic heterocycles. The number of piperazine rings is 1. The minimum absolute atomic E-state index is 0.0247. The second kappa shape index (κ2) is 11.5. The number of nitrogens with zero attached hydrogens (tertiary/aromatic N) is 2. The average Bonchev–Trinajstić information content (AvgIpc) is 3.52. The number of alkyl halides is 3. The first-order valence-corrected chi connectivity index (χ1v) is 13.7. The molecule has 0 aromatic heterocycles. The van der Waals surface area contributed by atoms with Gasteiger partial charge in [-0.25, -0.2) is 9.59 Å². The molecular weight excluding hydrogens is 541 g/mol. The minimum atomic E-state index is -4.64. The van der Waals surface area contributed by atoms with Gasteiger partial charge in [0, 0.05) is 49.9 Å². The van der Waals surface area contributed by atoms with Gasteiger partial charge in [0.2, 0.25) is 6.29 Å². The first-order valence-electron chi connectivity index (χ1n) is 13.7. The average molecular weight is 575 g/mol. The molecule has 0 N–H and O–H groups in total. The molecule has 11 heteroatoms. The first-order chi connectivity index (χ1) is 19.5. The van der Waals surface area contributed by atoms with Crippen molar-refractivity contribution in [2.75, 3.05) is 39.3 Å². The number of esters is 2. The zero-order valence-electron chi connectivity index (χ0n) is 23.3. The molecule has 3 atom stereocenters. The molecule has 1 unspecified atom stereocenters. The summed E-state index contributed by atoms with van der Waals surface area (Å²) in [5.41, 5.74) is 8.27. The van der Waals surface area contributed by atoms with Gasteiger partial charge in [-0.05, 0) is 54.2 Å². The normalized spacial score (nSPS) is 23.0. The number of fused-ring (bicyclic) bond motifs is 3. The summed E-state index contributed by atoms with van der Waals surface area (Å²) in [5, 5.41) is 0. The highest BCUT2D eigenvalue weighted by atomic mass is 19.4. The van der Waals surface area contributed by atoms with Gasteiger partial charge in [0.1, 0.15) is 13.2 Å². The topological polar surface area (TPSA) is 85.4 Å². The van der Waals surface area contributed by atoms with Crippen molar-refractivity contribution in [3.63, 3.8) is 0 Å². The lowest BCUT2D eigenvalue weighted by Gasteiger charge is -2.47. The molecule has 2 aromatic rings. The minimum Gasteiger partial charge on any atom is -0.457 e. The Morgan fingerprint density at radius 1 is 0.951 bits per heavy atom. The fourth-order valence-electron chi connectivity index (χ4n) is 6.31. The summed E-state index contributed by atoms with van der Waals surface area (Å²) >= 11 is 0. The quantitative estimate of drug-likeness (QED) is 0.396. The molecule has 2 fully saturated rings. The van der Waals surface area contributed by atoms with E-state index in [9.17, 15) is 22.8 Å². The molecule has 2 aromatic carbocycles. The van der Waals surface area contributed by atoms with Crippen LogP contribution in [0.5, 0.6) is 0 Å². The van der Waals surface area contributed by atoms with E-state index in [0.29, 0.717) is 37.3 Å². The Hall–Kier alpha value is -3.28. The first kappa shape index (κ1) is 29.2. The van der Waals surface area contributed by atoms with Gasteiger partial charge < -0.3 is 14.2 Å². The van der Waals surface area contributed by atoms with Crippen LogP contribution in [0.2, 0.25) is 0 Å². The molecule has 0 bridgehead atoms.